The summed E-state index contributed by atoms with van der Waals surface area (Å²) >= 11 is 0. The van der Waals surface area contributed by atoms with Gasteiger partial charge in [-0.25, -0.2) is 0 Å². The highest BCUT2D eigenvalue weighted by Crippen LogP contribution is 2.51. The molecule has 1 spiro atoms. The fourth-order valence-electron chi connectivity index (χ4n) is 4.36. The number of carbonyl (C=O) groups excluding carboxylic acids is 1. The molecule has 1 amide bonds. The van der Waals surface area contributed by atoms with Gasteiger partial charge in [0.1, 0.15) is 0 Å². The predicted octanol–water partition coefficient (Wildman–Crippen LogP) is 2.08. The molecule has 3 rings (SSSR count). The Kier molecular flexibility index (Phi) is 2.89. The molecule has 2 aliphatic carbocycles. The van der Waals surface area contributed by atoms with E-state index in [0.29, 0.717) is 17.4 Å². The number of aliphatic hydroxyl groups is 1. The van der Waals surface area contributed by atoms with Crippen LogP contribution in [0.15, 0.2) is 0 Å². The van der Waals surface area contributed by atoms with Crippen molar-refractivity contribution in [1.82, 2.24) is 4.90 Å². The molecule has 2 atom stereocenters. The molecule has 0 bridgehead atoms. The quantitative estimate of drug-likeness (QED) is 0.758. The summed E-state index contributed by atoms with van der Waals surface area (Å²) in [6.07, 6.45) is 9.63. The second-order valence-corrected chi connectivity index (χ2v) is 6.20. The van der Waals surface area contributed by atoms with Crippen molar-refractivity contribution in [2.45, 2.75) is 69.9 Å². The fourth-order valence-corrected chi connectivity index (χ4v) is 4.36. The number of carbonyl (C=O) groups is 1. The van der Waals surface area contributed by atoms with E-state index in [1.54, 1.807) is 0 Å². The number of likely N-dealkylation sites (tertiary alicyclic amines) is 1. The van der Waals surface area contributed by atoms with Crippen molar-refractivity contribution in [3.05, 3.63) is 0 Å². The van der Waals surface area contributed by atoms with Gasteiger partial charge in [0, 0.05) is 19.0 Å². The molecule has 1 N–H and O–H groups in total. The van der Waals surface area contributed by atoms with Crippen LogP contribution in [-0.2, 0) is 4.79 Å². The molecule has 2 unspecified atom stereocenters. The van der Waals surface area contributed by atoms with Gasteiger partial charge in [0.25, 0.3) is 0 Å². The van der Waals surface area contributed by atoms with E-state index in [4.69, 9.17) is 0 Å². The maximum absolute atomic E-state index is 12.0. The molecule has 17 heavy (non-hydrogen) atoms. The Morgan fingerprint density at radius 2 is 1.94 bits per heavy atom. The summed E-state index contributed by atoms with van der Waals surface area (Å²) in [5, 5.41) is 9.93. The van der Waals surface area contributed by atoms with Crippen LogP contribution in [0.2, 0.25) is 0 Å². The van der Waals surface area contributed by atoms with Gasteiger partial charge >= 0.3 is 0 Å². The van der Waals surface area contributed by atoms with E-state index in [9.17, 15) is 9.90 Å². The van der Waals surface area contributed by atoms with Gasteiger partial charge in [0.15, 0.2) is 0 Å². The molecule has 1 saturated heterocycles. The highest BCUT2D eigenvalue weighted by molar-refractivity contribution is 5.78. The second kappa shape index (κ2) is 4.27. The van der Waals surface area contributed by atoms with Crippen LogP contribution < -0.4 is 0 Å². The second-order valence-electron chi connectivity index (χ2n) is 6.20. The van der Waals surface area contributed by atoms with Gasteiger partial charge in [0.05, 0.1) is 6.10 Å². The van der Waals surface area contributed by atoms with E-state index in [1.807, 2.05) is 0 Å². The molecular weight excluding hydrogens is 214 g/mol. The van der Waals surface area contributed by atoms with Crippen LogP contribution in [0.25, 0.3) is 0 Å². The van der Waals surface area contributed by atoms with Crippen LogP contribution >= 0.6 is 0 Å². The Morgan fingerprint density at radius 3 is 2.59 bits per heavy atom. The first-order valence-electron chi connectivity index (χ1n) is 7.19. The molecule has 3 nitrogen and oxygen atoms in total. The third kappa shape index (κ3) is 1.88. The smallest absolute Gasteiger partial charge is 0.222 e. The highest BCUT2D eigenvalue weighted by atomic mass is 16.3. The highest BCUT2D eigenvalue weighted by Gasteiger charge is 2.48. The lowest BCUT2D eigenvalue weighted by atomic mass is 9.67. The average molecular weight is 237 g/mol. The summed E-state index contributed by atoms with van der Waals surface area (Å²) in [6.45, 7) is 0.929. The number of hydrogen-bond acceptors (Lipinski definition) is 2. The SMILES string of the molecule is O=C1CCCN1C1CC(O)CCC12CCCC2. The summed E-state index contributed by atoms with van der Waals surface area (Å²) in [4.78, 5) is 14.1. The minimum Gasteiger partial charge on any atom is -0.393 e. The first-order chi connectivity index (χ1) is 8.21. The van der Waals surface area contributed by atoms with Crippen LogP contribution in [0.3, 0.4) is 0 Å². The van der Waals surface area contributed by atoms with Gasteiger partial charge < -0.3 is 10.0 Å². The normalized spacial score (nSPS) is 37.0. The fraction of sp³-hybridized carbons (Fsp3) is 0.929. The van der Waals surface area contributed by atoms with Crippen molar-refractivity contribution in [3.8, 4) is 0 Å². The van der Waals surface area contributed by atoms with Crippen molar-refractivity contribution in [1.29, 1.82) is 0 Å². The molecule has 0 aromatic carbocycles. The average Bonchev–Trinajstić information content (AvgIpc) is 2.93. The first-order valence-corrected chi connectivity index (χ1v) is 7.19. The third-order valence-electron chi connectivity index (χ3n) is 5.26. The van der Waals surface area contributed by atoms with Crippen LogP contribution in [0.4, 0.5) is 0 Å². The number of amides is 1. The standard InChI is InChI=1S/C14H23NO2/c16-11-5-8-14(6-1-2-7-14)12(10-11)15-9-3-4-13(15)17/h11-12,16H,1-10H2. The van der Waals surface area contributed by atoms with E-state index in [-0.39, 0.29) is 6.10 Å². The molecule has 2 saturated carbocycles. The van der Waals surface area contributed by atoms with Crippen molar-refractivity contribution in [2.75, 3.05) is 6.54 Å². The monoisotopic (exact) mass is 237 g/mol. The number of nitrogens with zero attached hydrogens (tertiary/aromatic N) is 1. The van der Waals surface area contributed by atoms with Gasteiger partial charge in [-0.2, -0.15) is 0 Å². The van der Waals surface area contributed by atoms with E-state index in [1.165, 1.54) is 25.7 Å². The van der Waals surface area contributed by atoms with Gasteiger partial charge in [-0.05, 0) is 43.9 Å². The van der Waals surface area contributed by atoms with Crippen LogP contribution in [0.1, 0.15) is 57.8 Å². The summed E-state index contributed by atoms with van der Waals surface area (Å²) in [5.74, 6) is 0.329. The van der Waals surface area contributed by atoms with E-state index in [0.717, 1.165) is 38.6 Å². The van der Waals surface area contributed by atoms with Crippen molar-refractivity contribution in [3.63, 3.8) is 0 Å². The number of aliphatic hydroxyl groups excluding tert-OH is 1. The molecule has 3 fully saturated rings. The van der Waals surface area contributed by atoms with Crippen LogP contribution in [-0.4, -0.2) is 34.6 Å². The lowest BCUT2D eigenvalue weighted by molar-refractivity contribution is -0.135. The molecule has 0 radical (unpaired) electrons. The maximum Gasteiger partial charge on any atom is 0.222 e. The Morgan fingerprint density at radius 1 is 1.18 bits per heavy atom. The van der Waals surface area contributed by atoms with Gasteiger partial charge in [0.2, 0.25) is 5.91 Å². The Hall–Kier alpha value is -0.570. The maximum atomic E-state index is 12.0. The number of rotatable bonds is 1. The Labute approximate surface area is 103 Å². The van der Waals surface area contributed by atoms with Gasteiger partial charge in [-0.15, -0.1) is 0 Å². The molecule has 0 aromatic rings. The Bertz CT molecular complexity index is 309. The van der Waals surface area contributed by atoms with Gasteiger partial charge in [-0.3, -0.25) is 4.79 Å². The lowest BCUT2D eigenvalue weighted by Crippen LogP contribution is -2.52. The van der Waals surface area contributed by atoms with Crippen molar-refractivity contribution in [2.24, 2.45) is 5.41 Å². The van der Waals surface area contributed by atoms with E-state index in [2.05, 4.69) is 4.90 Å². The topological polar surface area (TPSA) is 40.5 Å². The minimum absolute atomic E-state index is 0.181. The zero-order valence-corrected chi connectivity index (χ0v) is 10.5. The summed E-state index contributed by atoms with van der Waals surface area (Å²) in [5.41, 5.74) is 0.360. The van der Waals surface area contributed by atoms with Crippen LogP contribution in [0.5, 0.6) is 0 Å². The van der Waals surface area contributed by atoms with E-state index < -0.39 is 0 Å². The molecule has 1 heterocycles. The molecule has 3 heteroatoms. The Balaban J connectivity index is 1.84. The molecule has 96 valence electrons. The predicted molar refractivity (Wildman–Crippen MR) is 65.5 cm³/mol. The first kappa shape index (κ1) is 11.5. The largest absolute Gasteiger partial charge is 0.393 e. The van der Waals surface area contributed by atoms with Crippen molar-refractivity contribution >= 4 is 5.91 Å². The molecule has 1 aliphatic heterocycles. The molecule has 3 aliphatic rings. The summed E-state index contributed by atoms with van der Waals surface area (Å²) in [7, 11) is 0. The lowest BCUT2D eigenvalue weighted by Gasteiger charge is -2.47. The van der Waals surface area contributed by atoms with Gasteiger partial charge in [-0.1, -0.05) is 12.8 Å². The molecule has 0 aromatic heterocycles. The number of hydrogen-bond donors (Lipinski definition) is 1. The molecular formula is C14H23NO2. The third-order valence-corrected chi connectivity index (χ3v) is 5.26. The zero-order valence-electron chi connectivity index (χ0n) is 10.5. The minimum atomic E-state index is -0.181. The van der Waals surface area contributed by atoms with E-state index >= 15 is 0 Å². The zero-order chi connectivity index (χ0) is 11.9. The van der Waals surface area contributed by atoms with Crippen molar-refractivity contribution < 1.29 is 9.90 Å². The summed E-state index contributed by atoms with van der Waals surface area (Å²) < 4.78 is 0. The summed E-state index contributed by atoms with van der Waals surface area (Å²) in [6, 6.07) is 0.337. The van der Waals surface area contributed by atoms with Crippen LogP contribution in [0, 0.1) is 5.41 Å².